The highest BCUT2D eigenvalue weighted by Crippen LogP contribution is 2.19. The predicted molar refractivity (Wildman–Crippen MR) is 95.1 cm³/mol. The number of amides is 2. The van der Waals surface area contributed by atoms with E-state index in [1.165, 1.54) is 0 Å². The van der Waals surface area contributed by atoms with Crippen molar-refractivity contribution < 1.29 is 14.1 Å². The van der Waals surface area contributed by atoms with Crippen LogP contribution in [0.4, 0.5) is 0 Å². The summed E-state index contributed by atoms with van der Waals surface area (Å²) in [6.07, 6.45) is 1.81. The Morgan fingerprint density at radius 3 is 2.77 bits per heavy atom. The lowest BCUT2D eigenvalue weighted by Gasteiger charge is -2.13. The summed E-state index contributed by atoms with van der Waals surface area (Å²) in [4.78, 5) is 27.5. The molecule has 136 valence electrons. The number of hydrogen-bond donors (Lipinski definition) is 2. The third-order valence-electron chi connectivity index (χ3n) is 4.12. The number of nitrogens with zero attached hydrogens (tertiary/aromatic N) is 3. The molecule has 2 amide bonds. The SMILES string of the molecule is Cc1ccc(-c2noc([C@@H](C)NC(=O)CCC3=NNC(=O)CC3)n2)cc1. The fraction of sp³-hybridized carbons (Fsp3) is 0.389. The quantitative estimate of drug-likeness (QED) is 0.826. The van der Waals surface area contributed by atoms with E-state index in [9.17, 15) is 9.59 Å². The second-order valence-corrected chi connectivity index (χ2v) is 6.32. The fourth-order valence-electron chi connectivity index (χ4n) is 2.56. The second-order valence-electron chi connectivity index (χ2n) is 6.32. The molecule has 0 aliphatic carbocycles. The van der Waals surface area contributed by atoms with Crippen LogP contribution in [0.3, 0.4) is 0 Å². The number of hydrazone groups is 1. The molecule has 0 bridgehead atoms. The number of carbonyl (C=O) groups excluding carboxylic acids is 2. The summed E-state index contributed by atoms with van der Waals surface area (Å²) >= 11 is 0. The maximum Gasteiger partial charge on any atom is 0.249 e. The van der Waals surface area contributed by atoms with Gasteiger partial charge in [-0.05, 0) is 26.7 Å². The average Bonchev–Trinajstić information content (AvgIpc) is 3.12. The zero-order valence-corrected chi connectivity index (χ0v) is 14.8. The van der Waals surface area contributed by atoms with Gasteiger partial charge in [-0.15, -0.1) is 0 Å². The molecule has 0 saturated heterocycles. The van der Waals surface area contributed by atoms with E-state index in [4.69, 9.17) is 4.52 Å². The third-order valence-corrected chi connectivity index (χ3v) is 4.12. The minimum atomic E-state index is -0.387. The van der Waals surface area contributed by atoms with Crippen molar-refractivity contribution in [2.45, 2.75) is 45.6 Å². The van der Waals surface area contributed by atoms with Crippen LogP contribution in [0.2, 0.25) is 0 Å². The summed E-state index contributed by atoms with van der Waals surface area (Å²) in [5.41, 5.74) is 5.27. The molecule has 2 aromatic rings. The lowest BCUT2D eigenvalue weighted by molar-refractivity contribution is -0.122. The maximum atomic E-state index is 12.1. The van der Waals surface area contributed by atoms with Gasteiger partial charge >= 0.3 is 0 Å². The van der Waals surface area contributed by atoms with Crippen molar-refractivity contribution in [3.63, 3.8) is 0 Å². The van der Waals surface area contributed by atoms with Gasteiger partial charge in [-0.1, -0.05) is 35.0 Å². The number of aryl methyl sites for hydroxylation is 1. The van der Waals surface area contributed by atoms with Gasteiger partial charge in [0.15, 0.2) is 0 Å². The zero-order chi connectivity index (χ0) is 18.5. The lowest BCUT2D eigenvalue weighted by atomic mass is 10.1. The van der Waals surface area contributed by atoms with Crippen molar-refractivity contribution in [2.75, 3.05) is 0 Å². The van der Waals surface area contributed by atoms with Gasteiger partial charge in [-0.2, -0.15) is 10.1 Å². The Labute approximate surface area is 151 Å². The Bertz CT molecular complexity index is 826. The zero-order valence-electron chi connectivity index (χ0n) is 14.8. The number of aromatic nitrogens is 2. The molecule has 0 spiro atoms. The minimum Gasteiger partial charge on any atom is -0.345 e. The first-order chi connectivity index (χ1) is 12.5. The number of rotatable bonds is 6. The summed E-state index contributed by atoms with van der Waals surface area (Å²) in [6.45, 7) is 3.80. The van der Waals surface area contributed by atoms with E-state index < -0.39 is 0 Å². The Balaban J connectivity index is 1.53. The average molecular weight is 355 g/mol. The standard InChI is InChI=1S/C18H21N5O3/c1-11-3-5-13(6-4-11)17-20-18(26-23-17)12(2)19-15(24)9-7-14-8-10-16(25)22-21-14/h3-6,12H,7-10H2,1-2H3,(H,19,24)(H,22,25)/t12-/m1/s1. The first-order valence-corrected chi connectivity index (χ1v) is 8.55. The van der Waals surface area contributed by atoms with E-state index in [-0.39, 0.29) is 24.3 Å². The number of carbonyl (C=O) groups is 2. The van der Waals surface area contributed by atoms with Gasteiger partial charge in [-0.25, -0.2) is 5.43 Å². The van der Waals surface area contributed by atoms with Gasteiger partial charge < -0.3 is 9.84 Å². The van der Waals surface area contributed by atoms with Crippen LogP contribution in [-0.2, 0) is 9.59 Å². The molecular formula is C18H21N5O3. The van der Waals surface area contributed by atoms with Crippen LogP contribution in [-0.4, -0.2) is 27.7 Å². The van der Waals surface area contributed by atoms with Gasteiger partial charge in [0, 0.05) is 24.1 Å². The van der Waals surface area contributed by atoms with Crippen LogP contribution in [0.15, 0.2) is 33.9 Å². The molecule has 1 aromatic heterocycles. The van der Waals surface area contributed by atoms with Crippen LogP contribution in [0.5, 0.6) is 0 Å². The molecule has 0 unspecified atom stereocenters. The highest BCUT2D eigenvalue weighted by molar-refractivity contribution is 5.94. The van der Waals surface area contributed by atoms with Crippen molar-refractivity contribution in [2.24, 2.45) is 5.10 Å². The summed E-state index contributed by atoms with van der Waals surface area (Å²) < 4.78 is 5.27. The van der Waals surface area contributed by atoms with Crippen molar-refractivity contribution in [1.82, 2.24) is 20.9 Å². The Morgan fingerprint density at radius 2 is 2.08 bits per heavy atom. The molecule has 3 rings (SSSR count). The molecule has 26 heavy (non-hydrogen) atoms. The molecule has 2 heterocycles. The molecule has 1 aliphatic heterocycles. The van der Waals surface area contributed by atoms with Crippen LogP contribution in [0, 0.1) is 6.92 Å². The van der Waals surface area contributed by atoms with Gasteiger partial charge in [0.2, 0.25) is 23.5 Å². The molecule has 1 aliphatic rings. The highest BCUT2D eigenvalue weighted by atomic mass is 16.5. The first kappa shape index (κ1) is 17.8. The molecule has 0 fully saturated rings. The van der Waals surface area contributed by atoms with Gasteiger partial charge in [-0.3, -0.25) is 9.59 Å². The van der Waals surface area contributed by atoms with E-state index in [1.54, 1.807) is 6.92 Å². The van der Waals surface area contributed by atoms with Gasteiger partial charge in [0.25, 0.3) is 0 Å². The van der Waals surface area contributed by atoms with Crippen molar-refractivity contribution in [3.8, 4) is 11.4 Å². The number of nitrogens with one attached hydrogen (secondary N) is 2. The maximum absolute atomic E-state index is 12.1. The molecule has 2 N–H and O–H groups in total. The summed E-state index contributed by atoms with van der Waals surface area (Å²) in [5.74, 6) is 0.629. The van der Waals surface area contributed by atoms with E-state index in [0.29, 0.717) is 31.0 Å². The van der Waals surface area contributed by atoms with Crippen molar-refractivity contribution >= 4 is 17.5 Å². The van der Waals surface area contributed by atoms with Gasteiger partial charge in [0.05, 0.1) is 0 Å². The van der Waals surface area contributed by atoms with E-state index >= 15 is 0 Å². The Hall–Kier alpha value is -3.03. The number of benzene rings is 1. The number of hydrogen-bond acceptors (Lipinski definition) is 6. The molecular weight excluding hydrogens is 334 g/mol. The summed E-state index contributed by atoms with van der Waals surface area (Å²) in [5, 5.41) is 10.8. The van der Waals surface area contributed by atoms with Crippen LogP contribution in [0.1, 0.15) is 50.1 Å². The van der Waals surface area contributed by atoms with Crippen LogP contribution < -0.4 is 10.7 Å². The van der Waals surface area contributed by atoms with E-state index in [1.807, 2.05) is 31.2 Å². The van der Waals surface area contributed by atoms with Gasteiger partial charge in [0.1, 0.15) is 6.04 Å². The predicted octanol–water partition coefficient (Wildman–Crippen LogP) is 2.27. The van der Waals surface area contributed by atoms with E-state index in [0.717, 1.165) is 16.8 Å². The summed E-state index contributed by atoms with van der Waals surface area (Å²) in [6, 6.07) is 7.43. The molecule has 0 saturated carbocycles. The molecule has 1 aromatic carbocycles. The summed E-state index contributed by atoms with van der Waals surface area (Å²) in [7, 11) is 0. The van der Waals surface area contributed by atoms with Crippen LogP contribution >= 0.6 is 0 Å². The molecule has 8 nitrogen and oxygen atoms in total. The van der Waals surface area contributed by atoms with Crippen LogP contribution in [0.25, 0.3) is 11.4 Å². The normalized spacial score (nSPS) is 15.2. The largest absolute Gasteiger partial charge is 0.345 e. The molecule has 1 atom stereocenters. The highest BCUT2D eigenvalue weighted by Gasteiger charge is 2.18. The molecule has 0 radical (unpaired) electrons. The third kappa shape index (κ3) is 4.53. The minimum absolute atomic E-state index is 0.0902. The second kappa shape index (κ2) is 7.90. The lowest BCUT2D eigenvalue weighted by Crippen LogP contribution is -2.29. The smallest absolute Gasteiger partial charge is 0.249 e. The van der Waals surface area contributed by atoms with Crippen molar-refractivity contribution in [1.29, 1.82) is 0 Å². The van der Waals surface area contributed by atoms with E-state index in [2.05, 4.69) is 26.0 Å². The Morgan fingerprint density at radius 1 is 1.31 bits per heavy atom. The first-order valence-electron chi connectivity index (χ1n) is 8.55. The van der Waals surface area contributed by atoms with Crippen molar-refractivity contribution in [3.05, 3.63) is 35.7 Å². The topological polar surface area (TPSA) is 109 Å². The Kier molecular flexibility index (Phi) is 5.40. The molecule has 8 heteroatoms. The fourth-order valence-corrected chi connectivity index (χ4v) is 2.56. The monoisotopic (exact) mass is 355 g/mol.